The Morgan fingerprint density at radius 2 is 2.46 bits per heavy atom. The largest absolute Gasteiger partial charge is 0.386 e. The van der Waals surface area contributed by atoms with Crippen molar-refractivity contribution in [1.29, 1.82) is 0 Å². The lowest BCUT2D eigenvalue weighted by Gasteiger charge is -2.14. The molecule has 1 aromatic rings. The van der Waals surface area contributed by atoms with Crippen LogP contribution in [-0.2, 0) is 0 Å². The van der Waals surface area contributed by atoms with Crippen molar-refractivity contribution in [3.63, 3.8) is 0 Å². The van der Waals surface area contributed by atoms with E-state index in [1.54, 1.807) is 0 Å². The Morgan fingerprint density at radius 1 is 1.62 bits per heavy atom. The minimum absolute atomic E-state index is 0.214. The summed E-state index contributed by atoms with van der Waals surface area (Å²) >= 11 is 0. The molecule has 2 unspecified atom stereocenters. The quantitative estimate of drug-likeness (QED) is 0.491. The summed E-state index contributed by atoms with van der Waals surface area (Å²) in [6.45, 7) is 1.75. The second kappa shape index (κ2) is 3.35. The molecular weight excluding hydrogens is 170 g/mol. The molecule has 0 spiro atoms. The van der Waals surface area contributed by atoms with E-state index in [1.165, 1.54) is 6.20 Å². The molecule has 1 fully saturated rings. The molecule has 4 N–H and O–H groups in total. The summed E-state index contributed by atoms with van der Waals surface area (Å²) in [7, 11) is 0. The van der Waals surface area contributed by atoms with Gasteiger partial charge in [0.1, 0.15) is 0 Å². The zero-order valence-corrected chi connectivity index (χ0v) is 7.21. The van der Waals surface area contributed by atoms with Crippen LogP contribution in [0.1, 0.15) is 18.2 Å². The second-order valence-electron chi connectivity index (χ2n) is 3.40. The molecule has 0 aromatic carbocycles. The highest BCUT2D eigenvalue weighted by Gasteiger charge is 2.25. The Hall–Kier alpha value is -1.07. The van der Waals surface area contributed by atoms with Crippen LogP contribution in [0.5, 0.6) is 0 Å². The molecule has 2 heterocycles. The topological polar surface area (TPSA) is 80.9 Å². The smallest absolute Gasteiger partial charge is 0.323 e. The molecule has 1 aromatic heterocycles. The summed E-state index contributed by atoms with van der Waals surface area (Å²) in [5, 5.41) is 13.0. The number of aliphatic hydroxyl groups is 1. The van der Waals surface area contributed by atoms with E-state index in [2.05, 4.69) is 15.3 Å². The third-order valence-corrected chi connectivity index (χ3v) is 2.48. The monoisotopic (exact) mass is 183 g/mol. The fraction of sp³-hybridized carbons (Fsp3) is 0.625. The number of hydrogen-bond donors (Lipinski definition) is 4. The van der Waals surface area contributed by atoms with Crippen LogP contribution >= 0.6 is 0 Å². The molecule has 0 bridgehead atoms. The standard InChI is InChI=1S/C8H13N3O2/c12-7(5-1-2-9-3-5)6-4-10-8(13)11-6/h4-5,7,9,12H,1-3H2,(H2,10,11,13). The van der Waals surface area contributed by atoms with Crippen molar-refractivity contribution in [3.8, 4) is 0 Å². The molecule has 0 amide bonds. The zero-order valence-electron chi connectivity index (χ0n) is 7.21. The lowest BCUT2D eigenvalue weighted by Crippen LogP contribution is -2.17. The Kier molecular flexibility index (Phi) is 2.20. The third kappa shape index (κ3) is 1.66. The second-order valence-corrected chi connectivity index (χ2v) is 3.40. The summed E-state index contributed by atoms with van der Waals surface area (Å²) in [6.07, 6.45) is 1.92. The molecular formula is C8H13N3O2. The van der Waals surface area contributed by atoms with Crippen LogP contribution in [0.15, 0.2) is 11.0 Å². The molecule has 1 aliphatic rings. The summed E-state index contributed by atoms with van der Waals surface area (Å²) in [5.74, 6) is 0.214. The molecule has 5 nitrogen and oxygen atoms in total. The van der Waals surface area contributed by atoms with Gasteiger partial charge in [0.05, 0.1) is 11.8 Å². The number of H-pyrrole nitrogens is 2. The lowest BCUT2D eigenvalue weighted by atomic mass is 10.00. The Balaban J connectivity index is 2.11. The molecule has 0 radical (unpaired) electrons. The van der Waals surface area contributed by atoms with Gasteiger partial charge in [-0.25, -0.2) is 4.79 Å². The van der Waals surface area contributed by atoms with Crippen LogP contribution in [-0.4, -0.2) is 28.2 Å². The maximum atomic E-state index is 10.8. The number of imidazole rings is 1. The van der Waals surface area contributed by atoms with Crippen LogP contribution in [0.3, 0.4) is 0 Å². The van der Waals surface area contributed by atoms with Crippen molar-refractivity contribution in [2.45, 2.75) is 12.5 Å². The molecule has 13 heavy (non-hydrogen) atoms. The van der Waals surface area contributed by atoms with Crippen LogP contribution in [0.4, 0.5) is 0 Å². The van der Waals surface area contributed by atoms with Crippen molar-refractivity contribution < 1.29 is 5.11 Å². The van der Waals surface area contributed by atoms with Gasteiger partial charge in [-0.05, 0) is 13.0 Å². The maximum absolute atomic E-state index is 10.8. The maximum Gasteiger partial charge on any atom is 0.323 e. The summed E-state index contributed by atoms with van der Waals surface area (Å²) in [4.78, 5) is 15.8. The fourth-order valence-corrected chi connectivity index (χ4v) is 1.71. The van der Waals surface area contributed by atoms with E-state index in [0.717, 1.165) is 19.5 Å². The minimum Gasteiger partial charge on any atom is -0.386 e. The van der Waals surface area contributed by atoms with E-state index in [4.69, 9.17) is 0 Å². The molecule has 0 aliphatic carbocycles. The first kappa shape index (κ1) is 8.52. The van der Waals surface area contributed by atoms with Crippen LogP contribution < -0.4 is 11.0 Å². The van der Waals surface area contributed by atoms with E-state index in [0.29, 0.717) is 5.69 Å². The predicted octanol–water partition coefficient (Wildman–Crippen LogP) is -0.654. The molecule has 72 valence electrons. The molecule has 2 atom stereocenters. The third-order valence-electron chi connectivity index (χ3n) is 2.48. The molecule has 0 saturated carbocycles. The van der Waals surface area contributed by atoms with Crippen LogP contribution in [0, 0.1) is 5.92 Å². The first-order valence-electron chi connectivity index (χ1n) is 4.44. The molecule has 1 saturated heterocycles. The SMILES string of the molecule is O=c1[nH]cc(C(O)C2CCNC2)[nH]1. The van der Waals surface area contributed by atoms with E-state index in [-0.39, 0.29) is 11.6 Å². The van der Waals surface area contributed by atoms with Gasteiger partial charge in [0, 0.05) is 18.7 Å². The van der Waals surface area contributed by atoms with Crippen molar-refractivity contribution in [1.82, 2.24) is 15.3 Å². The number of hydrogen-bond acceptors (Lipinski definition) is 3. The zero-order chi connectivity index (χ0) is 9.26. The Labute approximate surface area is 75.2 Å². The van der Waals surface area contributed by atoms with Crippen LogP contribution in [0.2, 0.25) is 0 Å². The van der Waals surface area contributed by atoms with Gasteiger partial charge in [0.15, 0.2) is 0 Å². The van der Waals surface area contributed by atoms with Gasteiger partial charge in [-0.15, -0.1) is 0 Å². The van der Waals surface area contributed by atoms with Crippen molar-refractivity contribution in [2.75, 3.05) is 13.1 Å². The van der Waals surface area contributed by atoms with Gasteiger partial charge < -0.3 is 20.4 Å². The number of rotatable bonds is 2. The highest BCUT2D eigenvalue weighted by molar-refractivity contribution is 5.02. The van der Waals surface area contributed by atoms with Crippen molar-refractivity contribution in [2.24, 2.45) is 5.92 Å². The van der Waals surface area contributed by atoms with Gasteiger partial charge in [-0.1, -0.05) is 0 Å². The van der Waals surface area contributed by atoms with Gasteiger partial charge in [-0.2, -0.15) is 0 Å². The number of aromatic nitrogens is 2. The molecule has 5 heteroatoms. The highest BCUT2D eigenvalue weighted by Crippen LogP contribution is 2.23. The summed E-state index contributed by atoms with van der Waals surface area (Å²) < 4.78 is 0. The average molecular weight is 183 g/mol. The number of nitrogens with one attached hydrogen (secondary N) is 3. The summed E-state index contributed by atoms with van der Waals surface area (Å²) in [6, 6.07) is 0. The van der Waals surface area contributed by atoms with E-state index in [1.807, 2.05) is 0 Å². The lowest BCUT2D eigenvalue weighted by molar-refractivity contribution is 0.114. The van der Waals surface area contributed by atoms with Crippen molar-refractivity contribution >= 4 is 0 Å². The first-order valence-corrected chi connectivity index (χ1v) is 4.44. The van der Waals surface area contributed by atoms with Crippen molar-refractivity contribution in [3.05, 3.63) is 22.4 Å². The van der Waals surface area contributed by atoms with Gasteiger partial charge >= 0.3 is 5.69 Å². The minimum atomic E-state index is -0.561. The summed E-state index contributed by atoms with van der Waals surface area (Å²) in [5.41, 5.74) is 0.318. The average Bonchev–Trinajstić information content (AvgIpc) is 2.72. The van der Waals surface area contributed by atoms with E-state index < -0.39 is 6.10 Å². The molecule has 1 aliphatic heterocycles. The Morgan fingerprint density at radius 3 is 3.00 bits per heavy atom. The van der Waals surface area contributed by atoms with Gasteiger partial charge in [-0.3, -0.25) is 0 Å². The number of aromatic amines is 2. The van der Waals surface area contributed by atoms with E-state index >= 15 is 0 Å². The van der Waals surface area contributed by atoms with E-state index in [9.17, 15) is 9.90 Å². The first-order chi connectivity index (χ1) is 6.27. The van der Waals surface area contributed by atoms with Gasteiger partial charge in [0.25, 0.3) is 0 Å². The fourth-order valence-electron chi connectivity index (χ4n) is 1.71. The normalized spacial score (nSPS) is 24.8. The Bertz CT molecular complexity index is 324. The van der Waals surface area contributed by atoms with Crippen LogP contribution in [0.25, 0.3) is 0 Å². The predicted molar refractivity (Wildman–Crippen MR) is 47.3 cm³/mol. The van der Waals surface area contributed by atoms with Gasteiger partial charge in [0.2, 0.25) is 0 Å². The molecule has 2 rings (SSSR count). The number of aliphatic hydroxyl groups excluding tert-OH is 1. The highest BCUT2D eigenvalue weighted by atomic mass is 16.3.